The summed E-state index contributed by atoms with van der Waals surface area (Å²) < 4.78 is 0. The third kappa shape index (κ3) is 6.58. The van der Waals surface area contributed by atoms with Crippen LogP contribution in [-0.2, 0) is 6.42 Å². The lowest BCUT2D eigenvalue weighted by molar-refractivity contribution is 0.0853. The van der Waals surface area contributed by atoms with Crippen molar-refractivity contribution in [1.29, 1.82) is 0 Å². The SMILES string of the molecule is CC(C)(C)NC(=O)c1ccsc1C[C@@H](O)[C@H](CSc1ccc2ccccc2c1)NC(=O)c1cccc2[nH]ccc12. The maximum atomic E-state index is 13.5. The van der Waals surface area contributed by atoms with Crippen molar-refractivity contribution >= 4 is 56.6 Å². The second-order valence-corrected chi connectivity index (χ2v) is 13.0. The predicted molar refractivity (Wildman–Crippen MR) is 165 cm³/mol. The highest BCUT2D eigenvalue weighted by Crippen LogP contribution is 2.27. The van der Waals surface area contributed by atoms with Gasteiger partial charge in [-0.25, -0.2) is 0 Å². The van der Waals surface area contributed by atoms with E-state index >= 15 is 0 Å². The second-order valence-electron chi connectivity index (χ2n) is 10.9. The number of nitrogens with one attached hydrogen (secondary N) is 3. The third-order valence-corrected chi connectivity index (χ3v) is 8.70. The normalized spacial score (nSPS) is 13.3. The number of fused-ring (bicyclic) bond motifs is 2. The molecule has 8 heteroatoms. The van der Waals surface area contributed by atoms with Crippen molar-refractivity contribution in [3.63, 3.8) is 0 Å². The maximum Gasteiger partial charge on any atom is 0.252 e. The molecule has 2 heterocycles. The van der Waals surface area contributed by atoms with Crippen LogP contribution in [0.4, 0.5) is 0 Å². The largest absolute Gasteiger partial charge is 0.391 e. The van der Waals surface area contributed by atoms with E-state index in [2.05, 4.69) is 45.9 Å². The first kappa shape index (κ1) is 28.0. The quantitative estimate of drug-likeness (QED) is 0.154. The average Bonchev–Trinajstić information content (AvgIpc) is 3.59. The van der Waals surface area contributed by atoms with E-state index in [1.165, 1.54) is 11.3 Å². The van der Waals surface area contributed by atoms with Gasteiger partial charge in [0.25, 0.3) is 11.8 Å². The molecule has 0 aliphatic carbocycles. The summed E-state index contributed by atoms with van der Waals surface area (Å²) in [5, 5.41) is 22.6. The van der Waals surface area contributed by atoms with Crippen LogP contribution < -0.4 is 10.6 Å². The number of rotatable bonds is 9. The Morgan fingerprint density at radius 1 is 0.950 bits per heavy atom. The summed E-state index contributed by atoms with van der Waals surface area (Å²) in [5.74, 6) is 0.0509. The fourth-order valence-corrected chi connectivity index (χ4v) is 6.64. The molecule has 4 N–H and O–H groups in total. The van der Waals surface area contributed by atoms with Gasteiger partial charge in [0.15, 0.2) is 0 Å². The van der Waals surface area contributed by atoms with E-state index in [-0.39, 0.29) is 23.8 Å². The molecule has 2 amide bonds. The number of thioether (sulfide) groups is 1. The fourth-order valence-electron chi connectivity index (χ4n) is 4.66. The van der Waals surface area contributed by atoms with Crippen LogP contribution in [0, 0.1) is 0 Å². The van der Waals surface area contributed by atoms with Crippen molar-refractivity contribution in [1.82, 2.24) is 15.6 Å². The molecule has 0 aliphatic rings. The van der Waals surface area contributed by atoms with Crippen LogP contribution in [0.15, 0.2) is 89.3 Å². The van der Waals surface area contributed by atoms with Gasteiger partial charge in [0, 0.05) is 50.1 Å². The van der Waals surface area contributed by atoms with Crippen molar-refractivity contribution in [2.45, 2.75) is 49.8 Å². The van der Waals surface area contributed by atoms with E-state index in [0.29, 0.717) is 16.9 Å². The molecule has 0 bridgehead atoms. The number of carbonyl (C=O) groups excluding carboxylic acids is 2. The van der Waals surface area contributed by atoms with E-state index in [1.807, 2.05) is 62.7 Å². The van der Waals surface area contributed by atoms with Crippen molar-refractivity contribution in [2.24, 2.45) is 0 Å². The number of hydrogen-bond donors (Lipinski definition) is 4. The molecule has 0 fully saturated rings. The van der Waals surface area contributed by atoms with Crippen molar-refractivity contribution in [3.8, 4) is 0 Å². The van der Waals surface area contributed by atoms with Gasteiger partial charge in [0.05, 0.1) is 17.7 Å². The van der Waals surface area contributed by atoms with Crippen LogP contribution in [-0.4, -0.2) is 45.3 Å². The van der Waals surface area contributed by atoms with Crippen LogP contribution in [0.2, 0.25) is 0 Å². The Labute approximate surface area is 242 Å². The second kappa shape index (κ2) is 11.9. The van der Waals surface area contributed by atoms with Gasteiger partial charge < -0.3 is 20.7 Å². The minimum Gasteiger partial charge on any atom is -0.391 e. The minimum absolute atomic E-state index is 0.166. The van der Waals surface area contributed by atoms with Crippen LogP contribution in [0.5, 0.6) is 0 Å². The lowest BCUT2D eigenvalue weighted by atomic mass is 10.0. The first-order chi connectivity index (χ1) is 19.2. The van der Waals surface area contributed by atoms with Gasteiger partial charge in [0.2, 0.25) is 0 Å². The predicted octanol–water partition coefficient (Wildman–Crippen LogP) is 6.41. The zero-order chi connectivity index (χ0) is 28.3. The fraction of sp³-hybridized carbons (Fsp3) is 0.250. The molecule has 0 aliphatic heterocycles. The Kier molecular flexibility index (Phi) is 8.30. The Bertz CT molecular complexity index is 1650. The van der Waals surface area contributed by atoms with Gasteiger partial charge in [-0.3, -0.25) is 9.59 Å². The van der Waals surface area contributed by atoms with E-state index in [9.17, 15) is 14.7 Å². The molecule has 0 unspecified atom stereocenters. The first-order valence-electron chi connectivity index (χ1n) is 13.2. The number of aromatic amines is 1. The van der Waals surface area contributed by atoms with Crippen LogP contribution in [0.3, 0.4) is 0 Å². The molecule has 6 nitrogen and oxygen atoms in total. The summed E-state index contributed by atoms with van der Waals surface area (Å²) in [6.07, 6.45) is 1.16. The summed E-state index contributed by atoms with van der Waals surface area (Å²) >= 11 is 3.03. The van der Waals surface area contributed by atoms with Crippen molar-refractivity contribution < 1.29 is 14.7 Å². The van der Waals surface area contributed by atoms with E-state index < -0.39 is 12.1 Å². The first-order valence-corrected chi connectivity index (χ1v) is 15.1. The van der Waals surface area contributed by atoms with E-state index in [1.54, 1.807) is 23.9 Å². The van der Waals surface area contributed by atoms with Gasteiger partial charge in [-0.05, 0) is 73.3 Å². The molecule has 5 aromatic rings. The number of carbonyl (C=O) groups is 2. The summed E-state index contributed by atoms with van der Waals surface area (Å²) in [5.41, 5.74) is 1.61. The molecular weight excluding hydrogens is 539 g/mol. The molecule has 5 rings (SSSR count). The maximum absolute atomic E-state index is 13.5. The highest BCUT2D eigenvalue weighted by molar-refractivity contribution is 7.99. The molecule has 206 valence electrons. The third-order valence-electron chi connectivity index (χ3n) is 6.64. The molecule has 2 atom stereocenters. The van der Waals surface area contributed by atoms with Crippen LogP contribution >= 0.6 is 23.1 Å². The number of benzene rings is 3. The van der Waals surface area contributed by atoms with Crippen molar-refractivity contribution in [3.05, 3.63) is 100 Å². The zero-order valence-corrected chi connectivity index (χ0v) is 24.4. The Morgan fingerprint density at radius 2 is 1.75 bits per heavy atom. The molecule has 2 aromatic heterocycles. The standard InChI is InChI=1S/C32H33N3O3S2/c1-32(2,3)35-31(38)25-14-16-39-29(25)18-28(36)27(19-40-22-12-11-20-7-4-5-8-21(20)17-22)34-30(37)24-9-6-10-26-23(24)13-15-33-26/h4-17,27-28,33,36H,18-19H2,1-3H3,(H,34,37)(H,35,38)/t27-,28+/m0/s1. The summed E-state index contributed by atoms with van der Waals surface area (Å²) in [6, 6.07) is 23.1. The Hall–Kier alpha value is -3.59. The monoisotopic (exact) mass is 571 g/mol. The van der Waals surface area contributed by atoms with Gasteiger partial charge in [-0.2, -0.15) is 0 Å². The number of hydrogen-bond acceptors (Lipinski definition) is 5. The topological polar surface area (TPSA) is 94.2 Å². The lowest BCUT2D eigenvalue weighted by Gasteiger charge is -2.25. The van der Waals surface area contributed by atoms with Crippen molar-refractivity contribution in [2.75, 3.05) is 5.75 Å². The lowest BCUT2D eigenvalue weighted by Crippen LogP contribution is -2.46. The van der Waals surface area contributed by atoms with E-state index in [0.717, 1.165) is 31.4 Å². The Morgan fingerprint density at radius 3 is 2.55 bits per heavy atom. The zero-order valence-electron chi connectivity index (χ0n) is 22.7. The molecule has 3 aromatic carbocycles. The van der Waals surface area contributed by atoms with Gasteiger partial charge in [0.1, 0.15) is 0 Å². The molecule has 0 saturated heterocycles. The van der Waals surface area contributed by atoms with Gasteiger partial charge >= 0.3 is 0 Å². The highest BCUT2D eigenvalue weighted by Gasteiger charge is 2.27. The van der Waals surface area contributed by atoms with Gasteiger partial charge in [-0.1, -0.05) is 36.4 Å². The average molecular weight is 572 g/mol. The smallest absolute Gasteiger partial charge is 0.252 e. The van der Waals surface area contributed by atoms with E-state index in [4.69, 9.17) is 0 Å². The Balaban J connectivity index is 1.37. The number of aliphatic hydroxyl groups excluding tert-OH is 1. The van der Waals surface area contributed by atoms with Gasteiger partial charge in [-0.15, -0.1) is 23.1 Å². The highest BCUT2D eigenvalue weighted by atomic mass is 32.2. The molecule has 0 radical (unpaired) electrons. The number of H-pyrrole nitrogens is 1. The molecule has 0 spiro atoms. The van der Waals surface area contributed by atoms with Crippen LogP contribution in [0.1, 0.15) is 46.4 Å². The molecule has 40 heavy (non-hydrogen) atoms. The molecule has 0 saturated carbocycles. The number of thiophene rings is 1. The number of aliphatic hydroxyl groups is 1. The minimum atomic E-state index is -0.901. The number of aromatic nitrogens is 1. The summed E-state index contributed by atoms with van der Waals surface area (Å²) in [6.45, 7) is 5.81. The van der Waals surface area contributed by atoms with Crippen LogP contribution in [0.25, 0.3) is 21.7 Å². The summed E-state index contributed by atoms with van der Waals surface area (Å²) in [7, 11) is 0. The molecular formula is C32H33N3O3S2. The summed E-state index contributed by atoms with van der Waals surface area (Å²) in [4.78, 5) is 31.4. The number of amides is 2.